The van der Waals surface area contributed by atoms with Crippen LogP contribution in [-0.2, 0) is 6.42 Å². The van der Waals surface area contributed by atoms with Crippen molar-refractivity contribution in [2.45, 2.75) is 25.4 Å². The monoisotopic (exact) mass is 255 g/mol. The largest absolute Gasteiger partial charge is 0.388 e. The van der Waals surface area contributed by atoms with Gasteiger partial charge in [-0.1, -0.05) is 61.5 Å². The number of benzene rings is 2. The zero-order valence-corrected chi connectivity index (χ0v) is 11.3. The molecule has 0 saturated heterocycles. The zero-order chi connectivity index (χ0) is 13.7. The number of nitrogens with two attached hydrogens (primary N) is 1. The number of hydrogen-bond acceptors (Lipinski definition) is 2. The molecule has 0 amide bonds. The molecule has 0 fully saturated rings. The fraction of sp³-hybridized carbons (Fsp3) is 0.294. The minimum atomic E-state index is -0.552. The lowest BCUT2D eigenvalue weighted by molar-refractivity contribution is 0.146. The summed E-state index contributed by atoms with van der Waals surface area (Å²) < 4.78 is 0. The van der Waals surface area contributed by atoms with Crippen molar-refractivity contribution in [1.82, 2.24) is 0 Å². The molecular formula is C17H21NO. The van der Waals surface area contributed by atoms with E-state index in [1.54, 1.807) is 0 Å². The van der Waals surface area contributed by atoms with Crippen molar-refractivity contribution in [3.05, 3.63) is 71.3 Å². The average molecular weight is 255 g/mol. The van der Waals surface area contributed by atoms with Crippen molar-refractivity contribution >= 4 is 0 Å². The Bertz CT molecular complexity index is 510. The van der Waals surface area contributed by atoms with Crippen LogP contribution in [0.15, 0.2) is 54.6 Å². The second-order valence-corrected chi connectivity index (χ2v) is 4.75. The van der Waals surface area contributed by atoms with Gasteiger partial charge in [0.1, 0.15) is 0 Å². The van der Waals surface area contributed by atoms with Crippen molar-refractivity contribution in [3.63, 3.8) is 0 Å². The predicted octanol–water partition coefficient (Wildman–Crippen LogP) is 3.02. The summed E-state index contributed by atoms with van der Waals surface area (Å²) in [5, 5.41) is 10.7. The van der Waals surface area contributed by atoms with E-state index in [-0.39, 0.29) is 5.92 Å². The van der Waals surface area contributed by atoms with Crippen molar-refractivity contribution in [3.8, 4) is 0 Å². The van der Waals surface area contributed by atoms with Crippen LogP contribution >= 0.6 is 0 Å². The molecule has 0 spiro atoms. The molecule has 0 aliphatic carbocycles. The number of aliphatic hydroxyl groups excluding tert-OH is 1. The normalized spacial score (nSPS) is 14.1. The molecule has 2 atom stereocenters. The highest BCUT2D eigenvalue weighted by Gasteiger charge is 2.22. The summed E-state index contributed by atoms with van der Waals surface area (Å²) >= 11 is 0. The molecular weight excluding hydrogens is 234 g/mol. The number of aryl methyl sites for hydroxylation is 1. The van der Waals surface area contributed by atoms with Crippen LogP contribution in [0.4, 0.5) is 0 Å². The summed E-state index contributed by atoms with van der Waals surface area (Å²) in [4.78, 5) is 0. The smallest absolute Gasteiger partial charge is 0.0873 e. The quantitative estimate of drug-likeness (QED) is 0.862. The van der Waals surface area contributed by atoms with Gasteiger partial charge in [-0.15, -0.1) is 0 Å². The van der Waals surface area contributed by atoms with Crippen LogP contribution in [0.1, 0.15) is 35.6 Å². The Balaban J connectivity index is 2.33. The molecule has 0 aliphatic rings. The molecule has 2 rings (SSSR count). The lowest BCUT2D eigenvalue weighted by atomic mass is 9.87. The Hall–Kier alpha value is -1.64. The summed E-state index contributed by atoms with van der Waals surface area (Å²) in [5.41, 5.74) is 9.14. The van der Waals surface area contributed by atoms with Crippen LogP contribution in [0.5, 0.6) is 0 Å². The number of aliphatic hydroxyl groups is 1. The zero-order valence-electron chi connectivity index (χ0n) is 11.3. The Kier molecular flexibility index (Phi) is 4.72. The highest BCUT2D eigenvalue weighted by molar-refractivity contribution is 5.33. The standard InChI is InChI=1S/C17H21NO/c1-2-13-8-6-7-11-15(13)17(19)16(12-18)14-9-4-3-5-10-14/h3-11,16-17,19H,2,12,18H2,1H3. The summed E-state index contributed by atoms with van der Waals surface area (Å²) in [5.74, 6) is -0.0612. The van der Waals surface area contributed by atoms with E-state index in [0.717, 1.165) is 17.5 Å². The van der Waals surface area contributed by atoms with Crippen LogP contribution in [0, 0.1) is 0 Å². The maximum Gasteiger partial charge on any atom is 0.0873 e. The van der Waals surface area contributed by atoms with Crippen LogP contribution in [-0.4, -0.2) is 11.7 Å². The van der Waals surface area contributed by atoms with Gasteiger partial charge in [0.25, 0.3) is 0 Å². The third-order valence-corrected chi connectivity index (χ3v) is 3.62. The first-order chi connectivity index (χ1) is 9.27. The molecule has 2 aromatic rings. The maximum atomic E-state index is 10.7. The molecule has 0 bridgehead atoms. The second-order valence-electron chi connectivity index (χ2n) is 4.75. The molecule has 3 N–H and O–H groups in total. The molecule has 19 heavy (non-hydrogen) atoms. The van der Waals surface area contributed by atoms with Gasteiger partial charge in [-0.3, -0.25) is 0 Å². The van der Waals surface area contributed by atoms with Crippen LogP contribution in [0.3, 0.4) is 0 Å². The molecule has 0 aliphatic heterocycles. The Morgan fingerprint density at radius 1 is 1.00 bits per heavy atom. The van der Waals surface area contributed by atoms with Crippen LogP contribution < -0.4 is 5.73 Å². The highest BCUT2D eigenvalue weighted by atomic mass is 16.3. The van der Waals surface area contributed by atoms with E-state index in [2.05, 4.69) is 13.0 Å². The first kappa shape index (κ1) is 13.8. The van der Waals surface area contributed by atoms with Crippen LogP contribution in [0.25, 0.3) is 0 Å². The van der Waals surface area contributed by atoms with E-state index in [0.29, 0.717) is 6.54 Å². The highest BCUT2D eigenvalue weighted by Crippen LogP contribution is 2.32. The van der Waals surface area contributed by atoms with Gasteiger partial charge in [0.05, 0.1) is 6.10 Å². The van der Waals surface area contributed by atoms with Gasteiger partial charge in [-0.2, -0.15) is 0 Å². The maximum absolute atomic E-state index is 10.7. The Morgan fingerprint density at radius 3 is 2.26 bits per heavy atom. The number of rotatable bonds is 5. The molecule has 2 nitrogen and oxygen atoms in total. The molecule has 100 valence electrons. The average Bonchev–Trinajstić information content (AvgIpc) is 2.49. The first-order valence-corrected chi connectivity index (χ1v) is 6.78. The first-order valence-electron chi connectivity index (χ1n) is 6.78. The summed E-state index contributed by atoms with van der Waals surface area (Å²) in [6, 6.07) is 18.0. The van der Waals surface area contributed by atoms with Gasteiger partial charge in [0.15, 0.2) is 0 Å². The predicted molar refractivity (Wildman–Crippen MR) is 79.0 cm³/mol. The molecule has 2 aromatic carbocycles. The van der Waals surface area contributed by atoms with Gasteiger partial charge in [-0.05, 0) is 23.1 Å². The summed E-state index contributed by atoms with van der Waals surface area (Å²) in [6.45, 7) is 2.54. The van der Waals surface area contributed by atoms with Gasteiger partial charge < -0.3 is 10.8 Å². The fourth-order valence-corrected chi connectivity index (χ4v) is 2.51. The minimum Gasteiger partial charge on any atom is -0.388 e. The second kappa shape index (κ2) is 6.50. The van der Waals surface area contributed by atoms with E-state index in [1.165, 1.54) is 5.56 Å². The van der Waals surface area contributed by atoms with Gasteiger partial charge in [0, 0.05) is 12.5 Å². The summed E-state index contributed by atoms with van der Waals surface area (Å²) in [7, 11) is 0. The lowest BCUT2D eigenvalue weighted by Gasteiger charge is -2.24. The van der Waals surface area contributed by atoms with E-state index in [4.69, 9.17) is 5.73 Å². The molecule has 2 unspecified atom stereocenters. The van der Waals surface area contributed by atoms with E-state index in [9.17, 15) is 5.11 Å². The van der Waals surface area contributed by atoms with E-state index < -0.39 is 6.10 Å². The molecule has 0 heterocycles. The Labute approximate surface area is 114 Å². The van der Waals surface area contributed by atoms with Crippen molar-refractivity contribution in [2.24, 2.45) is 5.73 Å². The molecule has 2 heteroatoms. The van der Waals surface area contributed by atoms with Crippen molar-refractivity contribution in [1.29, 1.82) is 0 Å². The third kappa shape index (κ3) is 3.03. The van der Waals surface area contributed by atoms with Crippen molar-refractivity contribution in [2.75, 3.05) is 6.54 Å². The summed E-state index contributed by atoms with van der Waals surface area (Å²) in [6.07, 6.45) is 0.364. The van der Waals surface area contributed by atoms with Gasteiger partial charge in [-0.25, -0.2) is 0 Å². The van der Waals surface area contributed by atoms with Crippen LogP contribution in [0.2, 0.25) is 0 Å². The topological polar surface area (TPSA) is 46.2 Å². The Morgan fingerprint density at radius 2 is 1.63 bits per heavy atom. The van der Waals surface area contributed by atoms with E-state index >= 15 is 0 Å². The van der Waals surface area contributed by atoms with Gasteiger partial charge >= 0.3 is 0 Å². The van der Waals surface area contributed by atoms with Gasteiger partial charge in [0.2, 0.25) is 0 Å². The third-order valence-electron chi connectivity index (χ3n) is 3.62. The molecule has 0 aromatic heterocycles. The molecule has 0 saturated carbocycles. The lowest BCUT2D eigenvalue weighted by Crippen LogP contribution is -2.21. The molecule has 0 radical (unpaired) electrons. The fourth-order valence-electron chi connectivity index (χ4n) is 2.51. The van der Waals surface area contributed by atoms with E-state index in [1.807, 2.05) is 48.5 Å². The minimum absolute atomic E-state index is 0.0612. The SMILES string of the molecule is CCc1ccccc1C(O)C(CN)c1ccccc1. The van der Waals surface area contributed by atoms with Crippen molar-refractivity contribution < 1.29 is 5.11 Å². The number of hydrogen-bond donors (Lipinski definition) is 2.